The summed E-state index contributed by atoms with van der Waals surface area (Å²) in [5.41, 5.74) is 4.27. The van der Waals surface area contributed by atoms with E-state index in [4.69, 9.17) is 0 Å². The van der Waals surface area contributed by atoms with Crippen LogP contribution in [-0.4, -0.2) is 21.5 Å². The van der Waals surface area contributed by atoms with E-state index in [-0.39, 0.29) is 0 Å². The smallest absolute Gasteiger partial charge is 0.223 e. The summed E-state index contributed by atoms with van der Waals surface area (Å²) in [7, 11) is 0. The fraction of sp³-hybridized carbons (Fsp3) is 0.308. The van der Waals surface area contributed by atoms with Gasteiger partial charge in [-0.15, -0.1) is 0 Å². The maximum atomic E-state index is 4.54. The van der Waals surface area contributed by atoms with Crippen LogP contribution in [-0.2, 0) is 0 Å². The van der Waals surface area contributed by atoms with Gasteiger partial charge in [-0.25, -0.2) is 9.97 Å². The van der Waals surface area contributed by atoms with E-state index >= 15 is 0 Å². The number of nitrogens with one attached hydrogen (secondary N) is 1. The molecule has 2 heterocycles. The molecule has 4 nitrogen and oxygen atoms in total. The Labute approximate surface area is 101 Å². The van der Waals surface area contributed by atoms with Crippen molar-refractivity contribution >= 4 is 5.95 Å². The molecule has 0 bridgehead atoms. The van der Waals surface area contributed by atoms with Gasteiger partial charge in [0.2, 0.25) is 5.95 Å². The zero-order chi connectivity index (χ0) is 12.3. The van der Waals surface area contributed by atoms with Crippen LogP contribution in [0.2, 0.25) is 0 Å². The van der Waals surface area contributed by atoms with E-state index in [1.165, 1.54) is 0 Å². The van der Waals surface area contributed by atoms with Crippen LogP contribution in [0.4, 0.5) is 5.95 Å². The second kappa shape index (κ2) is 4.91. The number of hydrogen-bond acceptors (Lipinski definition) is 4. The van der Waals surface area contributed by atoms with Crippen molar-refractivity contribution in [2.75, 3.05) is 11.9 Å². The maximum Gasteiger partial charge on any atom is 0.223 e. The lowest BCUT2D eigenvalue weighted by Crippen LogP contribution is -2.04. The lowest BCUT2D eigenvalue weighted by molar-refractivity contribution is 1.07. The summed E-state index contributed by atoms with van der Waals surface area (Å²) < 4.78 is 0. The van der Waals surface area contributed by atoms with Crippen LogP contribution in [0.15, 0.2) is 24.7 Å². The van der Waals surface area contributed by atoms with E-state index in [9.17, 15) is 0 Å². The standard InChI is InChI=1S/C13H16N4/c1-4-15-13-16-8-10(3)12(17-13)11-5-6-14-7-9(11)2/h5-8H,4H2,1-3H3,(H,15,16,17). The van der Waals surface area contributed by atoms with Crippen molar-refractivity contribution in [1.82, 2.24) is 15.0 Å². The van der Waals surface area contributed by atoms with Crippen LogP contribution in [0.1, 0.15) is 18.1 Å². The largest absolute Gasteiger partial charge is 0.354 e. The van der Waals surface area contributed by atoms with Crippen molar-refractivity contribution in [2.45, 2.75) is 20.8 Å². The highest BCUT2D eigenvalue weighted by Crippen LogP contribution is 2.24. The van der Waals surface area contributed by atoms with E-state index in [0.717, 1.165) is 28.9 Å². The summed E-state index contributed by atoms with van der Waals surface area (Å²) in [5, 5.41) is 3.13. The van der Waals surface area contributed by atoms with Gasteiger partial charge >= 0.3 is 0 Å². The number of pyridine rings is 1. The van der Waals surface area contributed by atoms with E-state index in [1.807, 2.05) is 39.2 Å². The first-order valence-electron chi connectivity index (χ1n) is 5.71. The molecule has 0 amide bonds. The third-order valence-corrected chi connectivity index (χ3v) is 2.58. The minimum absolute atomic E-state index is 0.671. The van der Waals surface area contributed by atoms with Crippen molar-refractivity contribution < 1.29 is 0 Å². The lowest BCUT2D eigenvalue weighted by Gasteiger charge is -2.09. The first kappa shape index (κ1) is 11.5. The predicted molar refractivity (Wildman–Crippen MR) is 68.9 cm³/mol. The van der Waals surface area contributed by atoms with E-state index in [1.54, 1.807) is 6.20 Å². The van der Waals surface area contributed by atoms with Crippen LogP contribution < -0.4 is 5.32 Å². The van der Waals surface area contributed by atoms with Crippen LogP contribution in [0.3, 0.4) is 0 Å². The number of nitrogens with zero attached hydrogens (tertiary/aromatic N) is 3. The molecule has 0 fully saturated rings. The molecule has 0 saturated heterocycles. The van der Waals surface area contributed by atoms with Crippen LogP contribution in [0.5, 0.6) is 0 Å². The topological polar surface area (TPSA) is 50.7 Å². The third kappa shape index (κ3) is 2.41. The van der Waals surface area contributed by atoms with Crippen LogP contribution in [0, 0.1) is 13.8 Å². The molecule has 2 aromatic heterocycles. The van der Waals surface area contributed by atoms with Gasteiger partial charge in [0.1, 0.15) is 0 Å². The monoisotopic (exact) mass is 228 g/mol. The lowest BCUT2D eigenvalue weighted by atomic mass is 10.1. The molecule has 0 unspecified atom stereocenters. The molecule has 0 atom stereocenters. The maximum absolute atomic E-state index is 4.54. The van der Waals surface area contributed by atoms with Gasteiger partial charge in [-0.2, -0.15) is 0 Å². The Bertz CT molecular complexity index is 523. The second-order valence-corrected chi connectivity index (χ2v) is 3.95. The van der Waals surface area contributed by atoms with Gasteiger partial charge < -0.3 is 5.32 Å². The Morgan fingerprint density at radius 2 is 2.00 bits per heavy atom. The van der Waals surface area contributed by atoms with Crippen LogP contribution in [0.25, 0.3) is 11.3 Å². The summed E-state index contributed by atoms with van der Waals surface area (Å²) in [6.45, 7) is 6.90. The summed E-state index contributed by atoms with van der Waals surface area (Å²) in [6.07, 6.45) is 5.49. The van der Waals surface area contributed by atoms with Gasteiger partial charge in [-0.3, -0.25) is 4.98 Å². The van der Waals surface area contributed by atoms with Crippen molar-refractivity contribution in [3.05, 3.63) is 35.8 Å². The molecule has 88 valence electrons. The van der Waals surface area contributed by atoms with Crippen LogP contribution >= 0.6 is 0 Å². The Balaban J connectivity index is 2.51. The van der Waals surface area contributed by atoms with Gasteiger partial charge in [0, 0.05) is 30.7 Å². The number of hydrogen-bond donors (Lipinski definition) is 1. The molecule has 0 radical (unpaired) electrons. The highest BCUT2D eigenvalue weighted by molar-refractivity contribution is 5.66. The van der Waals surface area contributed by atoms with E-state index in [2.05, 4.69) is 20.3 Å². The molecule has 0 aliphatic heterocycles. The molecule has 17 heavy (non-hydrogen) atoms. The zero-order valence-corrected chi connectivity index (χ0v) is 10.4. The molecule has 1 N–H and O–H groups in total. The molecule has 0 aromatic carbocycles. The summed E-state index contributed by atoms with van der Waals surface area (Å²) in [5.74, 6) is 0.671. The van der Waals surface area contributed by atoms with Gasteiger partial charge in [-0.05, 0) is 38.0 Å². The molecule has 0 aliphatic rings. The number of rotatable bonds is 3. The quantitative estimate of drug-likeness (QED) is 0.877. The van der Waals surface area contributed by atoms with Crippen molar-refractivity contribution in [2.24, 2.45) is 0 Å². The Morgan fingerprint density at radius 1 is 1.18 bits per heavy atom. The number of aromatic nitrogens is 3. The summed E-state index contributed by atoms with van der Waals surface area (Å²) >= 11 is 0. The van der Waals surface area contributed by atoms with Gasteiger partial charge in [-0.1, -0.05) is 0 Å². The number of aryl methyl sites for hydroxylation is 2. The van der Waals surface area contributed by atoms with E-state index in [0.29, 0.717) is 5.95 Å². The van der Waals surface area contributed by atoms with Crippen molar-refractivity contribution in [3.8, 4) is 11.3 Å². The highest BCUT2D eigenvalue weighted by Gasteiger charge is 2.08. The second-order valence-electron chi connectivity index (χ2n) is 3.95. The molecular weight excluding hydrogens is 212 g/mol. The SMILES string of the molecule is CCNc1ncc(C)c(-c2ccncc2C)n1. The van der Waals surface area contributed by atoms with Gasteiger partial charge in [0.05, 0.1) is 5.69 Å². The summed E-state index contributed by atoms with van der Waals surface area (Å²) in [4.78, 5) is 12.9. The Hall–Kier alpha value is -1.97. The fourth-order valence-corrected chi connectivity index (χ4v) is 1.70. The Morgan fingerprint density at radius 3 is 2.71 bits per heavy atom. The third-order valence-electron chi connectivity index (χ3n) is 2.58. The fourth-order valence-electron chi connectivity index (χ4n) is 1.70. The minimum atomic E-state index is 0.671. The average Bonchev–Trinajstić information content (AvgIpc) is 2.33. The summed E-state index contributed by atoms with van der Waals surface area (Å²) in [6, 6.07) is 1.99. The molecule has 0 aliphatic carbocycles. The average molecular weight is 228 g/mol. The molecule has 0 spiro atoms. The van der Waals surface area contributed by atoms with Gasteiger partial charge in [0.15, 0.2) is 0 Å². The number of anilines is 1. The molecular formula is C13H16N4. The zero-order valence-electron chi connectivity index (χ0n) is 10.4. The highest BCUT2D eigenvalue weighted by atomic mass is 15.1. The molecule has 2 aromatic rings. The minimum Gasteiger partial charge on any atom is -0.354 e. The predicted octanol–water partition coefficient (Wildman–Crippen LogP) is 2.59. The Kier molecular flexibility index (Phi) is 3.32. The van der Waals surface area contributed by atoms with E-state index < -0.39 is 0 Å². The molecule has 0 saturated carbocycles. The molecule has 2 rings (SSSR count). The first-order chi connectivity index (χ1) is 8.22. The molecule has 4 heteroatoms. The van der Waals surface area contributed by atoms with Gasteiger partial charge in [0.25, 0.3) is 0 Å². The first-order valence-corrected chi connectivity index (χ1v) is 5.71. The normalized spacial score (nSPS) is 10.3. The van der Waals surface area contributed by atoms with Crippen molar-refractivity contribution in [3.63, 3.8) is 0 Å². The van der Waals surface area contributed by atoms with Crippen molar-refractivity contribution in [1.29, 1.82) is 0 Å².